The van der Waals surface area contributed by atoms with Crippen molar-refractivity contribution in [2.75, 3.05) is 13.1 Å². The second kappa shape index (κ2) is 4.97. The molecule has 0 aromatic carbocycles. The molecule has 2 heteroatoms. The molecular formula is C11H24N2. The molecule has 1 fully saturated rings. The average Bonchev–Trinajstić information content (AvgIpc) is 2.02. The molecule has 0 aliphatic heterocycles. The first-order valence-corrected chi connectivity index (χ1v) is 5.62. The monoisotopic (exact) mass is 184 g/mol. The van der Waals surface area contributed by atoms with Crippen molar-refractivity contribution in [3.05, 3.63) is 0 Å². The number of hydrogen-bond donors (Lipinski definition) is 2. The standard InChI is InChI=1S/C11H24N2/c1-3-5-10(12)8-13-9-11(2)6-4-7-11/h10,13H,3-9,12H2,1-2H3. The van der Waals surface area contributed by atoms with Crippen LogP contribution in [-0.4, -0.2) is 19.1 Å². The van der Waals surface area contributed by atoms with Gasteiger partial charge in [-0.3, -0.25) is 0 Å². The summed E-state index contributed by atoms with van der Waals surface area (Å²) in [4.78, 5) is 0. The molecule has 0 amide bonds. The van der Waals surface area contributed by atoms with Crippen LogP contribution in [-0.2, 0) is 0 Å². The van der Waals surface area contributed by atoms with Crippen LogP contribution in [0.1, 0.15) is 46.0 Å². The van der Waals surface area contributed by atoms with E-state index in [0.717, 1.165) is 19.5 Å². The maximum atomic E-state index is 5.91. The first kappa shape index (κ1) is 11.0. The molecule has 0 spiro atoms. The van der Waals surface area contributed by atoms with E-state index in [2.05, 4.69) is 19.2 Å². The minimum Gasteiger partial charge on any atom is -0.327 e. The molecule has 1 saturated carbocycles. The molecule has 1 rings (SSSR count). The number of nitrogens with one attached hydrogen (secondary N) is 1. The van der Waals surface area contributed by atoms with Crippen LogP contribution < -0.4 is 11.1 Å². The molecule has 78 valence electrons. The van der Waals surface area contributed by atoms with E-state index in [-0.39, 0.29) is 0 Å². The van der Waals surface area contributed by atoms with Crippen molar-refractivity contribution in [1.29, 1.82) is 0 Å². The zero-order chi connectivity index (χ0) is 9.73. The summed E-state index contributed by atoms with van der Waals surface area (Å²) in [6.45, 7) is 6.70. The van der Waals surface area contributed by atoms with Crippen molar-refractivity contribution >= 4 is 0 Å². The van der Waals surface area contributed by atoms with E-state index in [9.17, 15) is 0 Å². The second-order valence-electron chi connectivity index (χ2n) is 4.84. The van der Waals surface area contributed by atoms with E-state index in [1.807, 2.05) is 0 Å². The average molecular weight is 184 g/mol. The Morgan fingerprint density at radius 2 is 2.15 bits per heavy atom. The molecule has 0 radical (unpaired) electrons. The van der Waals surface area contributed by atoms with Gasteiger partial charge in [-0.25, -0.2) is 0 Å². The van der Waals surface area contributed by atoms with Gasteiger partial charge in [0.1, 0.15) is 0 Å². The van der Waals surface area contributed by atoms with Gasteiger partial charge in [0.15, 0.2) is 0 Å². The van der Waals surface area contributed by atoms with Gasteiger partial charge >= 0.3 is 0 Å². The molecule has 1 aliphatic rings. The van der Waals surface area contributed by atoms with Crippen molar-refractivity contribution < 1.29 is 0 Å². The molecule has 1 unspecified atom stereocenters. The lowest BCUT2D eigenvalue weighted by Gasteiger charge is -2.38. The second-order valence-corrected chi connectivity index (χ2v) is 4.84. The summed E-state index contributed by atoms with van der Waals surface area (Å²) < 4.78 is 0. The van der Waals surface area contributed by atoms with Crippen molar-refractivity contribution in [2.24, 2.45) is 11.1 Å². The van der Waals surface area contributed by atoms with E-state index >= 15 is 0 Å². The van der Waals surface area contributed by atoms with E-state index in [1.54, 1.807) is 0 Å². The normalized spacial score (nSPS) is 22.4. The third kappa shape index (κ3) is 3.65. The van der Waals surface area contributed by atoms with Gasteiger partial charge in [0, 0.05) is 19.1 Å². The Bertz CT molecular complexity index is 141. The third-order valence-corrected chi connectivity index (χ3v) is 3.18. The van der Waals surface area contributed by atoms with Crippen LogP contribution in [0, 0.1) is 5.41 Å². The lowest BCUT2D eigenvalue weighted by molar-refractivity contribution is 0.156. The lowest BCUT2D eigenvalue weighted by Crippen LogP contribution is -2.42. The molecule has 0 saturated heterocycles. The van der Waals surface area contributed by atoms with Crippen molar-refractivity contribution in [2.45, 2.75) is 52.0 Å². The van der Waals surface area contributed by atoms with Gasteiger partial charge in [-0.05, 0) is 24.7 Å². The molecule has 3 N–H and O–H groups in total. The minimum absolute atomic E-state index is 0.355. The fourth-order valence-electron chi connectivity index (χ4n) is 1.99. The summed E-state index contributed by atoms with van der Waals surface area (Å²) in [6.07, 6.45) is 6.54. The van der Waals surface area contributed by atoms with Crippen LogP contribution in [0.3, 0.4) is 0 Å². The van der Waals surface area contributed by atoms with Gasteiger partial charge in [0.05, 0.1) is 0 Å². The Labute approximate surface area is 82.3 Å². The van der Waals surface area contributed by atoms with Crippen LogP contribution in [0.15, 0.2) is 0 Å². The Kier molecular flexibility index (Phi) is 4.20. The molecule has 0 heterocycles. The lowest BCUT2D eigenvalue weighted by atomic mass is 9.70. The molecule has 0 aromatic rings. The van der Waals surface area contributed by atoms with Crippen LogP contribution in [0.2, 0.25) is 0 Å². The zero-order valence-electron chi connectivity index (χ0n) is 9.10. The highest BCUT2D eigenvalue weighted by molar-refractivity contribution is 4.85. The Morgan fingerprint density at radius 1 is 1.46 bits per heavy atom. The quantitative estimate of drug-likeness (QED) is 0.661. The predicted octanol–water partition coefficient (Wildman–Crippen LogP) is 1.89. The third-order valence-electron chi connectivity index (χ3n) is 3.18. The van der Waals surface area contributed by atoms with E-state index in [4.69, 9.17) is 5.73 Å². The summed E-state index contributed by atoms with van der Waals surface area (Å²) >= 11 is 0. The fourth-order valence-corrected chi connectivity index (χ4v) is 1.99. The first-order chi connectivity index (χ1) is 6.16. The summed E-state index contributed by atoms with van der Waals surface area (Å²) in [5.74, 6) is 0. The number of nitrogens with two attached hydrogens (primary N) is 1. The maximum absolute atomic E-state index is 5.91. The highest BCUT2D eigenvalue weighted by atomic mass is 14.9. The zero-order valence-corrected chi connectivity index (χ0v) is 9.10. The highest BCUT2D eigenvalue weighted by Crippen LogP contribution is 2.39. The summed E-state index contributed by atoms with van der Waals surface area (Å²) in [7, 11) is 0. The van der Waals surface area contributed by atoms with Gasteiger partial charge in [0.25, 0.3) is 0 Å². The Hall–Kier alpha value is -0.0800. The fraction of sp³-hybridized carbons (Fsp3) is 1.00. The molecule has 1 atom stereocenters. The van der Waals surface area contributed by atoms with Crippen LogP contribution in [0.4, 0.5) is 0 Å². The van der Waals surface area contributed by atoms with Crippen LogP contribution >= 0.6 is 0 Å². The molecular weight excluding hydrogens is 160 g/mol. The summed E-state index contributed by atoms with van der Waals surface area (Å²) in [5, 5.41) is 3.49. The van der Waals surface area contributed by atoms with Gasteiger partial charge in [-0.1, -0.05) is 26.7 Å². The smallest absolute Gasteiger partial charge is 0.0165 e. The highest BCUT2D eigenvalue weighted by Gasteiger charge is 2.30. The summed E-state index contributed by atoms with van der Waals surface area (Å²) in [6, 6.07) is 0.355. The van der Waals surface area contributed by atoms with Crippen LogP contribution in [0.25, 0.3) is 0 Å². The number of hydrogen-bond acceptors (Lipinski definition) is 2. The van der Waals surface area contributed by atoms with Gasteiger partial charge in [0.2, 0.25) is 0 Å². The molecule has 0 aromatic heterocycles. The van der Waals surface area contributed by atoms with Gasteiger partial charge < -0.3 is 11.1 Å². The van der Waals surface area contributed by atoms with Gasteiger partial charge in [-0.15, -0.1) is 0 Å². The topological polar surface area (TPSA) is 38.0 Å². The van der Waals surface area contributed by atoms with E-state index in [1.165, 1.54) is 25.7 Å². The Morgan fingerprint density at radius 3 is 2.62 bits per heavy atom. The van der Waals surface area contributed by atoms with E-state index < -0.39 is 0 Å². The molecule has 1 aliphatic carbocycles. The maximum Gasteiger partial charge on any atom is 0.0165 e. The Balaban J connectivity index is 1.99. The van der Waals surface area contributed by atoms with Crippen molar-refractivity contribution in [3.8, 4) is 0 Å². The SMILES string of the molecule is CCCC(N)CNCC1(C)CCC1. The first-order valence-electron chi connectivity index (χ1n) is 5.62. The van der Waals surface area contributed by atoms with Crippen molar-refractivity contribution in [3.63, 3.8) is 0 Å². The summed E-state index contributed by atoms with van der Waals surface area (Å²) in [5.41, 5.74) is 6.50. The number of rotatable bonds is 6. The molecule has 0 bridgehead atoms. The largest absolute Gasteiger partial charge is 0.327 e. The van der Waals surface area contributed by atoms with Crippen molar-refractivity contribution in [1.82, 2.24) is 5.32 Å². The van der Waals surface area contributed by atoms with Crippen LogP contribution in [0.5, 0.6) is 0 Å². The van der Waals surface area contributed by atoms with Gasteiger partial charge in [-0.2, -0.15) is 0 Å². The van der Waals surface area contributed by atoms with E-state index in [0.29, 0.717) is 11.5 Å². The predicted molar refractivity (Wildman–Crippen MR) is 57.7 cm³/mol. The minimum atomic E-state index is 0.355. The molecule has 2 nitrogen and oxygen atoms in total. The molecule has 13 heavy (non-hydrogen) atoms.